The maximum absolute atomic E-state index is 10.8. The van der Waals surface area contributed by atoms with E-state index in [2.05, 4.69) is 5.32 Å². The summed E-state index contributed by atoms with van der Waals surface area (Å²) in [6, 6.07) is 5.14. The van der Waals surface area contributed by atoms with Crippen molar-refractivity contribution in [3.8, 4) is 6.07 Å². The van der Waals surface area contributed by atoms with Crippen LogP contribution in [-0.4, -0.2) is 27.0 Å². The van der Waals surface area contributed by atoms with Crippen LogP contribution >= 0.6 is 0 Å². The Morgan fingerprint density at radius 2 is 2.27 bits per heavy atom. The fourth-order valence-electron chi connectivity index (χ4n) is 1.00. The molecule has 15 heavy (non-hydrogen) atoms. The number of rotatable bonds is 5. The molecule has 0 spiro atoms. The molecule has 6 heteroatoms. The molecular formula is C9H12N2O3S. The first kappa shape index (κ1) is 11.8. The third kappa shape index (κ3) is 4.63. The number of hydrogen-bond donors (Lipinski definition) is 1. The fourth-order valence-corrected chi connectivity index (χ4v) is 1.52. The molecule has 0 aliphatic rings. The van der Waals surface area contributed by atoms with Crippen LogP contribution in [0.4, 0.5) is 0 Å². The van der Waals surface area contributed by atoms with Crippen molar-refractivity contribution in [2.45, 2.75) is 6.54 Å². The van der Waals surface area contributed by atoms with Crippen LogP contribution in [0.2, 0.25) is 0 Å². The molecule has 0 radical (unpaired) electrons. The van der Waals surface area contributed by atoms with Gasteiger partial charge in [-0.25, -0.2) is 8.42 Å². The van der Waals surface area contributed by atoms with Gasteiger partial charge in [0.2, 0.25) is 5.76 Å². The lowest BCUT2D eigenvalue weighted by Crippen LogP contribution is -2.21. The molecule has 1 aromatic rings. The summed E-state index contributed by atoms with van der Waals surface area (Å²) in [5.41, 5.74) is 0. The van der Waals surface area contributed by atoms with Gasteiger partial charge in [0.15, 0.2) is 0 Å². The first-order valence-corrected chi connectivity index (χ1v) is 6.44. The lowest BCUT2D eigenvalue weighted by atomic mass is 10.4. The van der Waals surface area contributed by atoms with Crippen LogP contribution in [0.25, 0.3) is 0 Å². The number of hydrogen-bond acceptors (Lipinski definition) is 5. The Kier molecular flexibility index (Phi) is 3.88. The second-order valence-corrected chi connectivity index (χ2v) is 5.44. The van der Waals surface area contributed by atoms with E-state index in [1.807, 2.05) is 6.07 Å². The second kappa shape index (κ2) is 4.96. The van der Waals surface area contributed by atoms with Crippen molar-refractivity contribution in [1.29, 1.82) is 5.26 Å². The predicted molar refractivity (Wildman–Crippen MR) is 54.8 cm³/mol. The van der Waals surface area contributed by atoms with E-state index in [1.165, 1.54) is 6.26 Å². The molecule has 1 aromatic heterocycles. The van der Waals surface area contributed by atoms with Crippen molar-refractivity contribution in [2.24, 2.45) is 0 Å². The quantitative estimate of drug-likeness (QED) is 0.732. The maximum Gasteiger partial charge on any atom is 0.203 e. The molecule has 1 N–H and O–H groups in total. The Hall–Kier alpha value is -1.32. The summed E-state index contributed by atoms with van der Waals surface area (Å²) in [7, 11) is -2.92. The van der Waals surface area contributed by atoms with Crippen LogP contribution in [0.15, 0.2) is 16.5 Å². The number of nitriles is 1. The van der Waals surface area contributed by atoms with Crippen LogP contribution in [0.5, 0.6) is 0 Å². The zero-order valence-electron chi connectivity index (χ0n) is 8.36. The second-order valence-electron chi connectivity index (χ2n) is 3.18. The molecule has 0 unspecified atom stereocenters. The van der Waals surface area contributed by atoms with Gasteiger partial charge in [-0.15, -0.1) is 0 Å². The van der Waals surface area contributed by atoms with E-state index in [1.54, 1.807) is 12.1 Å². The van der Waals surface area contributed by atoms with E-state index in [4.69, 9.17) is 9.68 Å². The van der Waals surface area contributed by atoms with E-state index in [0.29, 0.717) is 18.8 Å². The molecule has 0 amide bonds. The first-order valence-electron chi connectivity index (χ1n) is 4.38. The molecule has 0 saturated heterocycles. The zero-order chi connectivity index (χ0) is 11.3. The Balaban J connectivity index is 2.30. The molecule has 82 valence electrons. The lowest BCUT2D eigenvalue weighted by molar-refractivity contribution is 0.477. The summed E-state index contributed by atoms with van der Waals surface area (Å²) in [5, 5.41) is 11.4. The topological polar surface area (TPSA) is 83.1 Å². The van der Waals surface area contributed by atoms with Crippen LogP contribution in [-0.2, 0) is 16.4 Å². The van der Waals surface area contributed by atoms with E-state index in [-0.39, 0.29) is 11.5 Å². The largest absolute Gasteiger partial charge is 0.449 e. The van der Waals surface area contributed by atoms with Crippen molar-refractivity contribution in [3.63, 3.8) is 0 Å². The van der Waals surface area contributed by atoms with Crippen molar-refractivity contribution >= 4 is 9.84 Å². The highest BCUT2D eigenvalue weighted by Gasteiger charge is 2.03. The summed E-state index contributed by atoms with van der Waals surface area (Å²) >= 11 is 0. The SMILES string of the molecule is CS(=O)(=O)CCNCc1ccc(C#N)o1. The summed E-state index contributed by atoms with van der Waals surface area (Å²) in [4.78, 5) is 0. The lowest BCUT2D eigenvalue weighted by Gasteiger charge is -2.00. The molecule has 0 aromatic carbocycles. The Bertz CT molecular complexity index is 456. The Morgan fingerprint density at radius 1 is 1.53 bits per heavy atom. The first-order chi connectivity index (χ1) is 7.01. The van der Waals surface area contributed by atoms with Gasteiger partial charge in [-0.1, -0.05) is 0 Å². The minimum atomic E-state index is -2.92. The Morgan fingerprint density at radius 3 is 2.80 bits per heavy atom. The van der Waals surface area contributed by atoms with Gasteiger partial charge < -0.3 is 9.73 Å². The predicted octanol–water partition coefficient (Wildman–Crippen LogP) is 0.285. The fraction of sp³-hybridized carbons (Fsp3) is 0.444. The van der Waals surface area contributed by atoms with E-state index in [0.717, 1.165) is 0 Å². The molecule has 0 fully saturated rings. The number of furan rings is 1. The van der Waals surface area contributed by atoms with Gasteiger partial charge >= 0.3 is 0 Å². The average molecular weight is 228 g/mol. The van der Waals surface area contributed by atoms with Crippen molar-refractivity contribution in [2.75, 3.05) is 18.6 Å². The molecule has 0 aliphatic heterocycles. The maximum atomic E-state index is 10.8. The Labute approximate surface area is 88.6 Å². The number of nitrogens with one attached hydrogen (secondary N) is 1. The van der Waals surface area contributed by atoms with Gasteiger partial charge in [-0.05, 0) is 12.1 Å². The van der Waals surface area contributed by atoms with Crippen LogP contribution in [0.1, 0.15) is 11.5 Å². The molecule has 0 bridgehead atoms. The normalized spacial score (nSPS) is 11.2. The molecule has 0 saturated carbocycles. The average Bonchev–Trinajstić information content (AvgIpc) is 2.59. The van der Waals surface area contributed by atoms with Gasteiger partial charge in [0.25, 0.3) is 0 Å². The van der Waals surface area contributed by atoms with Crippen molar-refractivity contribution < 1.29 is 12.8 Å². The van der Waals surface area contributed by atoms with Gasteiger partial charge in [0.1, 0.15) is 21.7 Å². The van der Waals surface area contributed by atoms with Crippen LogP contribution in [0.3, 0.4) is 0 Å². The summed E-state index contributed by atoms with van der Waals surface area (Å²) in [6.07, 6.45) is 1.19. The molecular weight excluding hydrogens is 216 g/mol. The third-order valence-electron chi connectivity index (χ3n) is 1.72. The third-order valence-corrected chi connectivity index (χ3v) is 2.67. The minimum absolute atomic E-state index is 0.0960. The molecule has 1 heterocycles. The monoisotopic (exact) mass is 228 g/mol. The van der Waals surface area contributed by atoms with E-state index >= 15 is 0 Å². The minimum Gasteiger partial charge on any atom is -0.449 e. The van der Waals surface area contributed by atoms with E-state index in [9.17, 15) is 8.42 Å². The standard InChI is InChI=1S/C9H12N2O3S/c1-15(12,13)5-4-11-7-9-3-2-8(6-10)14-9/h2-3,11H,4-5,7H2,1H3. The van der Waals surface area contributed by atoms with Crippen LogP contribution in [0, 0.1) is 11.3 Å². The molecule has 0 atom stereocenters. The smallest absolute Gasteiger partial charge is 0.203 e. The van der Waals surface area contributed by atoms with Crippen LogP contribution < -0.4 is 5.32 Å². The summed E-state index contributed by atoms with van der Waals surface area (Å²) < 4.78 is 26.7. The van der Waals surface area contributed by atoms with Gasteiger partial charge in [0.05, 0.1) is 12.3 Å². The summed E-state index contributed by atoms with van der Waals surface area (Å²) in [6.45, 7) is 0.804. The van der Waals surface area contributed by atoms with E-state index < -0.39 is 9.84 Å². The highest BCUT2D eigenvalue weighted by Crippen LogP contribution is 2.05. The highest BCUT2D eigenvalue weighted by molar-refractivity contribution is 7.90. The van der Waals surface area contributed by atoms with Crippen molar-refractivity contribution in [1.82, 2.24) is 5.32 Å². The molecule has 1 rings (SSSR count). The summed E-state index contributed by atoms with van der Waals surface area (Å²) in [5.74, 6) is 0.980. The number of nitrogens with zero attached hydrogens (tertiary/aromatic N) is 1. The van der Waals surface area contributed by atoms with Crippen molar-refractivity contribution in [3.05, 3.63) is 23.7 Å². The molecule has 5 nitrogen and oxygen atoms in total. The van der Waals surface area contributed by atoms with Gasteiger partial charge in [-0.3, -0.25) is 0 Å². The zero-order valence-corrected chi connectivity index (χ0v) is 9.17. The highest BCUT2D eigenvalue weighted by atomic mass is 32.2. The molecule has 0 aliphatic carbocycles. The number of sulfone groups is 1. The van der Waals surface area contributed by atoms with Gasteiger partial charge in [0, 0.05) is 12.8 Å². The van der Waals surface area contributed by atoms with Gasteiger partial charge in [-0.2, -0.15) is 5.26 Å².